The van der Waals surface area contributed by atoms with E-state index in [1.807, 2.05) is 24.3 Å². The molecule has 1 fully saturated rings. The van der Waals surface area contributed by atoms with Crippen LogP contribution < -0.4 is 10.1 Å². The van der Waals surface area contributed by atoms with E-state index in [2.05, 4.69) is 21.2 Å². The molecular weight excluding hydrogens is 294 g/mol. The molecule has 1 saturated carbocycles. The van der Waals surface area contributed by atoms with Gasteiger partial charge in [-0.3, -0.25) is 4.79 Å². The summed E-state index contributed by atoms with van der Waals surface area (Å²) in [6.07, 6.45) is 3.63. The van der Waals surface area contributed by atoms with Gasteiger partial charge in [-0.05, 0) is 30.9 Å². The number of fused-ring (bicyclic) bond motifs is 1. The van der Waals surface area contributed by atoms with Crippen molar-refractivity contribution in [3.63, 3.8) is 0 Å². The lowest BCUT2D eigenvalue weighted by molar-refractivity contribution is -0.130. The molecule has 2 aliphatic rings. The van der Waals surface area contributed by atoms with Gasteiger partial charge in [0.1, 0.15) is 5.75 Å². The molecule has 1 aliphatic carbocycles. The van der Waals surface area contributed by atoms with E-state index in [0.29, 0.717) is 6.42 Å². The number of hydrogen-bond acceptors (Lipinski definition) is 2. The summed E-state index contributed by atoms with van der Waals surface area (Å²) in [5, 5.41) is 3.97. The molecule has 1 aromatic rings. The molecular formula is C14H16BrNO2. The molecule has 0 aromatic heterocycles. The minimum Gasteiger partial charge on any atom is -0.480 e. The van der Waals surface area contributed by atoms with Gasteiger partial charge in [0, 0.05) is 17.3 Å². The van der Waals surface area contributed by atoms with Crippen molar-refractivity contribution in [3.05, 3.63) is 29.8 Å². The third-order valence-corrected chi connectivity index (χ3v) is 4.97. The Hall–Kier alpha value is -1.03. The molecule has 4 heteroatoms. The second-order valence-corrected chi connectivity index (χ2v) is 5.74. The second kappa shape index (κ2) is 4.57. The smallest absolute Gasteiger partial charge is 0.261 e. The maximum atomic E-state index is 12.2. The molecule has 3 nitrogen and oxygen atoms in total. The Morgan fingerprint density at radius 3 is 2.83 bits per heavy atom. The number of halogens is 1. The van der Waals surface area contributed by atoms with Crippen molar-refractivity contribution in [2.45, 2.75) is 37.3 Å². The Labute approximate surface area is 115 Å². The first-order valence-corrected chi connectivity index (χ1v) is 7.47. The van der Waals surface area contributed by atoms with Crippen LogP contribution in [-0.2, 0) is 11.2 Å². The lowest BCUT2D eigenvalue weighted by Crippen LogP contribution is -2.57. The average Bonchev–Trinajstić information content (AvgIpc) is 2.77. The quantitative estimate of drug-likeness (QED) is 0.871. The fourth-order valence-corrected chi connectivity index (χ4v) is 3.27. The molecule has 0 spiro atoms. The van der Waals surface area contributed by atoms with Gasteiger partial charge in [0.15, 0.2) is 6.10 Å². The van der Waals surface area contributed by atoms with Gasteiger partial charge in [0.2, 0.25) is 0 Å². The average molecular weight is 310 g/mol. The third-order valence-electron chi connectivity index (χ3n) is 3.89. The fourth-order valence-electron chi connectivity index (χ4n) is 2.57. The van der Waals surface area contributed by atoms with Crippen molar-refractivity contribution in [3.8, 4) is 5.75 Å². The second-order valence-electron chi connectivity index (χ2n) is 5.18. The fraction of sp³-hybridized carbons (Fsp3) is 0.500. The van der Waals surface area contributed by atoms with Crippen LogP contribution in [0.25, 0.3) is 0 Å². The number of ether oxygens (including phenoxy) is 1. The molecule has 0 radical (unpaired) electrons. The molecule has 0 saturated heterocycles. The first kappa shape index (κ1) is 12.0. The first-order chi connectivity index (χ1) is 8.72. The number of alkyl halides is 1. The Kier molecular flexibility index (Phi) is 3.06. The van der Waals surface area contributed by atoms with Crippen molar-refractivity contribution in [2.75, 3.05) is 5.33 Å². The summed E-state index contributed by atoms with van der Waals surface area (Å²) in [6, 6.07) is 7.86. The number of benzene rings is 1. The van der Waals surface area contributed by atoms with Crippen LogP contribution in [0.5, 0.6) is 5.75 Å². The maximum Gasteiger partial charge on any atom is 0.261 e. The van der Waals surface area contributed by atoms with E-state index in [1.54, 1.807) is 0 Å². The van der Waals surface area contributed by atoms with Crippen molar-refractivity contribution < 1.29 is 9.53 Å². The molecule has 96 valence electrons. The van der Waals surface area contributed by atoms with Gasteiger partial charge in [-0.1, -0.05) is 34.1 Å². The molecule has 1 heterocycles. The van der Waals surface area contributed by atoms with Crippen LogP contribution >= 0.6 is 15.9 Å². The zero-order chi connectivity index (χ0) is 12.6. The van der Waals surface area contributed by atoms with E-state index >= 15 is 0 Å². The Morgan fingerprint density at radius 1 is 1.44 bits per heavy atom. The number of rotatable bonds is 3. The van der Waals surface area contributed by atoms with E-state index in [1.165, 1.54) is 6.42 Å². The van der Waals surface area contributed by atoms with Crippen molar-refractivity contribution in [2.24, 2.45) is 0 Å². The van der Waals surface area contributed by atoms with E-state index < -0.39 is 0 Å². The molecule has 1 aliphatic heterocycles. The Morgan fingerprint density at radius 2 is 2.22 bits per heavy atom. The largest absolute Gasteiger partial charge is 0.480 e. The van der Waals surface area contributed by atoms with Crippen LogP contribution in [-0.4, -0.2) is 22.9 Å². The first-order valence-electron chi connectivity index (χ1n) is 6.35. The predicted molar refractivity (Wildman–Crippen MR) is 73.1 cm³/mol. The minimum absolute atomic E-state index is 0.0188. The molecule has 1 amide bonds. The molecule has 1 N–H and O–H groups in total. The predicted octanol–water partition coefficient (Wildman–Crippen LogP) is 2.42. The number of carbonyl (C=O) groups excluding carboxylic acids is 1. The van der Waals surface area contributed by atoms with Gasteiger partial charge < -0.3 is 10.1 Å². The zero-order valence-corrected chi connectivity index (χ0v) is 11.7. The topological polar surface area (TPSA) is 38.3 Å². The van der Waals surface area contributed by atoms with E-state index in [9.17, 15) is 4.79 Å². The molecule has 0 bridgehead atoms. The Bertz CT molecular complexity index is 440. The number of para-hydroxylation sites is 1. The third kappa shape index (κ3) is 2.03. The van der Waals surface area contributed by atoms with Crippen molar-refractivity contribution >= 4 is 21.8 Å². The summed E-state index contributed by atoms with van der Waals surface area (Å²) >= 11 is 3.49. The highest BCUT2D eigenvalue weighted by molar-refractivity contribution is 9.09. The van der Waals surface area contributed by atoms with Gasteiger partial charge >= 0.3 is 0 Å². The van der Waals surface area contributed by atoms with Gasteiger partial charge in [0.05, 0.1) is 0 Å². The van der Waals surface area contributed by atoms with Gasteiger partial charge in [-0.15, -0.1) is 0 Å². The minimum atomic E-state index is -0.362. The van der Waals surface area contributed by atoms with Crippen molar-refractivity contribution in [1.29, 1.82) is 0 Å². The zero-order valence-electron chi connectivity index (χ0n) is 10.1. The van der Waals surface area contributed by atoms with Gasteiger partial charge in [-0.2, -0.15) is 0 Å². The normalized spacial score (nSPS) is 23.7. The summed E-state index contributed by atoms with van der Waals surface area (Å²) in [5.41, 5.74) is 1.09. The van der Waals surface area contributed by atoms with Gasteiger partial charge in [-0.25, -0.2) is 0 Å². The number of nitrogens with one attached hydrogen (secondary N) is 1. The van der Waals surface area contributed by atoms with E-state index in [0.717, 1.165) is 29.5 Å². The van der Waals surface area contributed by atoms with Gasteiger partial charge in [0.25, 0.3) is 5.91 Å². The molecule has 1 unspecified atom stereocenters. The van der Waals surface area contributed by atoms with Crippen LogP contribution in [0.1, 0.15) is 24.8 Å². The number of hydrogen-bond donors (Lipinski definition) is 1. The molecule has 1 atom stereocenters. The highest BCUT2D eigenvalue weighted by Gasteiger charge is 2.40. The van der Waals surface area contributed by atoms with Crippen LogP contribution in [0, 0.1) is 0 Å². The lowest BCUT2D eigenvalue weighted by atomic mass is 9.78. The monoisotopic (exact) mass is 309 g/mol. The van der Waals surface area contributed by atoms with Crippen LogP contribution in [0.2, 0.25) is 0 Å². The SMILES string of the molecule is O=C(NC1(CBr)CCC1)C1Cc2ccccc2O1. The van der Waals surface area contributed by atoms with Crippen LogP contribution in [0.4, 0.5) is 0 Å². The maximum absolute atomic E-state index is 12.2. The molecule has 3 rings (SSSR count). The van der Waals surface area contributed by atoms with Crippen LogP contribution in [0.3, 0.4) is 0 Å². The summed E-state index contributed by atoms with van der Waals surface area (Å²) in [4.78, 5) is 12.2. The summed E-state index contributed by atoms with van der Waals surface area (Å²) < 4.78 is 5.70. The van der Waals surface area contributed by atoms with Crippen molar-refractivity contribution in [1.82, 2.24) is 5.32 Å². The van der Waals surface area contributed by atoms with Crippen LogP contribution in [0.15, 0.2) is 24.3 Å². The van der Waals surface area contributed by atoms with E-state index in [4.69, 9.17) is 4.74 Å². The summed E-state index contributed by atoms with van der Waals surface area (Å²) in [7, 11) is 0. The number of carbonyl (C=O) groups is 1. The summed E-state index contributed by atoms with van der Waals surface area (Å²) in [5.74, 6) is 0.865. The highest BCUT2D eigenvalue weighted by atomic mass is 79.9. The highest BCUT2D eigenvalue weighted by Crippen LogP contribution is 2.34. The summed E-state index contributed by atoms with van der Waals surface area (Å²) in [6.45, 7) is 0. The number of amides is 1. The van der Waals surface area contributed by atoms with E-state index in [-0.39, 0.29) is 17.6 Å². The Balaban J connectivity index is 1.66. The lowest BCUT2D eigenvalue weighted by Gasteiger charge is -2.41. The molecule has 18 heavy (non-hydrogen) atoms. The standard InChI is InChI=1S/C14H16BrNO2/c15-9-14(6-3-7-14)16-13(17)12-8-10-4-1-2-5-11(10)18-12/h1-2,4-5,12H,3,6-9H2,(H,16,17). The molecule has 1 aromatic carbocycles.